The molecule has 1 aromatic carbocycles. The summed E-state index contributed by atoms with van der Waals surface area (Å²) in [5, 5.41) is 2.90. The van der Waals surface area contributed by atoms with Crippen molar-refractivity contribution in [1.82, 2.24) is 0 Å². The van der Waals surface area contributed by atoms with Crippen LogP contribution in [0.4, 0.5) is 5.69 Å². The second-order valence-corrected chi connectivity index (χ2v) is 4.67. The summed E-state index contributed by atoms with van der Waals surface area (Å²) >= 11 is 1.53. The number of rotatable bonds is 3. The molecule has 0 aliphatic carbocycles. The van der Waals surface area contributed by atoms with Crippen LogP contribution in [-0.2, 0) is 9.53 Å². The molecule has 2 rings (SSSR count). The first-order valence-corrected chi connectivity index (χ1v) is 6.67. The molecular formula is C14H15NO2S. The van der Waals surface area contributed by atoms with Gasteiger partial charge in [-0.25, -0.2) is 4.79 Å². The van der Waals surface area contributed by atoms with E-state index in [4.69, 9.17) is 4.74 Å². The van der Waals surface area contributed by atoms with E-state index in [1.165, 1.54) is 17.8 Å². The molecule has 0 saturated heterocycles. The first kappa shape index (κ1) is 12.8. The molecule has 0 radical (unpaired) electrons. The molecule has 1 aromatic rings. The van der Waals surface area contributed by atoms with Crippen molar-refractivity contribution in [2.45, 2.75) is 13.8 Å². The molecular weight excluding hydrogens is 246 g/mol. The summed E-state index contributed by atoms with van der Waals surface area (Å²) in [6, 6.07) is 9.96. The Morgan fingerprint density at radius 2 is 2.11 bits per heavy atom. The number of hydrogen-bond donors (Lipinski definition) is 0. The van der Waals surface area contributed by atoms with Crippen molar-refractivity contribution >= 4 is 23.4 Å². The highest BCUT2D eigenvalue weighted by atomic mass is 32.2. The van der Waals surface area contributed by atoms with Crippen LogP contribution in [0.5, 0.6) is 0 Å². The van der Waals surface area contributed by atoms with E-state index in [1.807, 2.05) is 47.6 Å². The normalized spacial score (nSPS) is 16.9. The highest BCUT2D eigenvalue weighted by Gasteiger charge is 2.20. The number of esters is 1. The molecule has 1 aliphatic rings. The van der Waals surface area contributed by atoms with E-state index in [0.717, 1.165) is 16.4 Å². The summed E-state index contributed by atoms with van der Waals surface area (Å²) in [7, 11) is 0. The second-order valence-electron chi connectivity index (χ2n) is 3.78. The fourth-order valence-electron chi connectivity index (χ4n) is 1.72. The van der Waals surface area contributed by atoms with Gasteiger partial charge in [0.15, 0.2) is 0 Å². The number of ether oxygens (including phenoxy) is 1. The van der Waals surface area contributed by atoms with E-state index in [0.29, 0.717) is 6.61 Å². The lowest BCUT2D eigenvalue weighted by Gasteiger charge is -2.21. The highest BCUT2D eigenvalue weighted by Crippen LogP contribution is 2.38. The largest absolute Gasteiger partial charge is 0.463 e. The van der Waals surface area contributed by atoms with Crippen LogP contribution in [0.15, 0.2) is 52.5 Å². The maximum absolute atomic E-state index is 11.5. The van der Waals surface area contributed by atoms with E-state index in [2.05, 4.69) is 0 Å². The maximum Gasteiger partial charge on any atom is 0.333 e. The van der Waals surface area contributed by atoms with Crippen molar-refractivity contribution in [2.24, 2.45) is 0 Å². The minimum atomic E-state index is -0.302. The monoisotopic (exact) mass is 261 g/mol. The number of carbonyl (C=O) groups is 1. The van der Waals surface area contributed by atoms with E-state index >= 15 is 0 Å². The Labute approximate surface area is 111 Å². The molecule has 0 saturated carbocycles. The summed E-state index contributed by atoms with van der Waals surface area (Å²) in [6.07, 6.45) is 1.54. The predicted octanol–water partition coefficient (Wildman–Crippen LogP) is 3.51. The standard InChI is InChI=1S/C14H15NO2S/c1-3-17-14(16)9-13-15(11(2)10-18-13)12-7-5-4-6-8-12/h4-10H,3H2,1-2H3. The molecule has 1 aliphatic heterocycles. The van der Waals surface area contributed by atoms with Gasteiger partial charge in [-0.3, -0.25) is 0 Å². The van der Waals surface area contributed by atoms with Crippen molar-refractivity contribution in [3.63, 3.8) is 0 Å². The first-order chi connectivity index (χ1) is 8.72. The summed E-state index contributed by atoms with van der Waals surface area (Å²) in [5.41, 5.74) is 2.15. The summed E-state index contributed by atoms with van der Waals surface area (Å²) in [4.78, 5) is 13.6. The third-order valence-electron chi connectivity index (χ3n) is 2.47. The van der Waals surface area contributed by atoms with Gasteiger partial charge in [-0.2, -0.15) is 0 Å². The molecule has 0 unspecified atom stereocenters. The van der Waals surface area contributed by atoms with Crippen molar-refractivity contribution in [1.29, 1.82) is 0 Å². The van der Waals surface area contributed by atoms with Gasteiger partial charge in [0.25, 0.3) is 0 Å². The van der Waals surface area contributed by atoms with Gasteiger partial charge in [0.2, 0.25) is 0 Å². The third kappa shape index (κ3) is 2.76. The molecule has 0 aromatic heterocycles. The number of allylic oxidation sites excluding steroid dienone is 1. The van der Waals surface area contributed by atoms with Gasteiger partial charge >= 0.3 is 5.97 Å². The van der Waals surface area contributed by atoms with Crippen LogP contribution >= 0.6 is 11.8 Å². The van der Waals surface area contributed by atoms with Crippen LogP contribution in [-0.4, -0.2) is 12.6 Å². The Bertz CT molecular complexity index is 494. The van der Waals surface area contributed by atoms with E-state index in [1.54, 1.807) is 6.92 Å². The van der Waals surface area contributed by atoms with Gasteiger partial charge in [0.1, 0.15) is 0 Å². The van der Waals surface area contributed by atoms with Gasteiger partial charge in [0.05, 0.1) is 17.7 Å². The topological polar surface area (TPSA) is 29.5 Å². The van der Waals surface area contributed by atoms with Gasteiger partial charge in [-0.05, 0) is 31.4 Å². The molecule has 4 heteroatoms. The minimum Gasteiger partial charge on any atom is -0.463 e. The van der Waals surface area contributed by atoms with Crippen LogP contribution in [0.2, 0.25) is 0 Å². The fraction of sp³-hybridized carbons (Fsp3) is 0.214. The van der Waals surface area contributed by atoms with E-state index in [9.17, 15) is 4.79 Å². The Balaban J connectivity index is 2.26. The molecule has 0 fully saturated rings. The van der Waals surface area contributed by atoms with Gasteiger partial charge in [-0.15, -0.1) is 0 Å². The Morgan fingerprint density at radius 3 is 2.78 bits per heavy atom. The number of anilines is 1. The van der Waals surface area contributed by atoms with Gasteiger partial charge < -0.3 is 9.64 Å². The molecule has 0 amide bonds. The lowest BCUT2D eigenvalue weighted by molar-refractivity contribution is -0.137. The molecule has 1 heterocycles. The maximum atomic E-state index is 11.5. The number of para-hydroxylation sites is 1. The van der Waals surface area contributed by atoms with Crippen molar-refractivity contribution < 1.29 is 9.53 Å². The van der Waals surface area contributed by atoms with E-state index in [-0.39, 0.29) is 5.97 Å². The number of carbonyl (C=O) groups excluding carboxylic acids is 1. The predicted molar refractivity (Wildman–Crippen MR) is 75.0 cm³/mol. The molecule has 18 heavy (non-hydrogen) atoms. The Morgan fingerprint density at radius 1 is 1.39 bits per heavy atom. The first-order valence-electron chi connectivity index (χ1n) is 5.79. The Kier molecular flexibility index (Phi) is 4.10. The zero-order valence-corrected chi connectivity index (χ0v) is 11.2. The summed E-state index contributed by atoms with van der Waals surface area (Å²) in [5.74, 6) is -0.302. The van der Waals surface area contributed by atoms with Crippen LogP contribution in [0.3, 0.4) is 0 Å². The number of benzene rings is 1. The minimum absolute atomic E-state index is 0.302. The number of nitrogens with zero attached hydrogens (tertiary/aromatic N) is 1. The van der Waals surface area contributed by atoms with Crippen LogP contribution < -0.4 is 4.90 Å². The van der Waals surface area contributed by atoms with Crippen LogP contribution in [0.1, 0.15) is 13.8 Å². The number of hydrogen-bond acceptors (Lipinski definition) is 4. The lowest BCUT2D eigenvalue weighted by Crippen LogP contribution is -2.15. The quantitative estimate of drug-likeness (QED) is 0.615. The molecule has 0 atom stereocenters. The fourth-order valence-corrected chi connectivity index (χ4v) is 2.63. The smallest absolute Gasteiger partial charge is 0.333 e. The summed E-state index contributed by atoms with van der Waals surface area (Å²) in [6.45, 7) is 4.22. The zero-order valence-electron chi connectivity index (χ0n) is 10.4. The molecule has 3 nitrogen and oxygen atoms in total. The second kappa shape index (κ2) is 5.78. The van der Waals surface area contributed by atoms with Gasteiger partial charge in [0, 0.05) is 11.4 Å². The van der Waals surface area contributed by atoms with Crippen molar-refractivity contribution in [3.8, 4) is 0 Å². The average Bonchev–Trinajstić information content (AvgIpc) is 2.72. The molecule has 0 spiro atoms. The molecule has 94 valence electrons. The van der Waals surface area contributed by atoms with Crippen LogP contribution in [0.25, 0.3) is 0 Å². The van der Waals surface area contributed by atoms with Crippen molar-refractivity contribution in [2.75, 3.05) is 11.5 Å². The highest BCUT2D eigenvalue weighted by molar-refractivity contribution is 8.06. The zero-order chi connectivity index (χ0) is 13.0. The Hall–Kier alpha value is -1.68. The van der Waals surface area contributed by atoms with Crippen molar-refractivity contribution in [3.05, 3.63) is 52.5 Å². The SMILES string of the molecule is CCOC(=O)C=C1SC=C(C)N1c1ccccc1. The number of thioether (sulfide) groups is 1. The lowest BCUT2D eigenvalue weighted by atomic mass is 10.3. The molecule has 0 bridgehead atoms. The average molecular weight is 261 g/mol. The summed E-state index contributed by atoms with van der Waals surface area (Å²) < 4.78 is 4.94. The van der Waals surface area contributed by atoms with E-state index < -0.39 is 0 Å². The molecule has 0 N–H and O–H groups in total. The van der Waals surface area contributed by atoms with Crippen LogP contribution in [0, 0.1) is 0 Å². The third-order valence-corrected chi connectivity index (χ3v) is 3.47. The van der Waals surface area contributed by atoms with Gasteiger partial charge in [-0.1, -0.05) is 30.0 Å².